The van der Waals surface area contributed by atoms with Crippen molar-refractivity contribution in [1.29, 1.82) is 0 Å². The van der Waals surface area contributed by atoms with E-state index in [9.17, 15) is 0 Å². The van der Waals surface area contributed by atoms with Crippen molar-refractivity contribution in [2.45, 2.75) is 71.4 Å². The Balaban J connectivity index is 0.000000209. The molecule has 0 unspecified atom stereocenters. The molecule has 3 nitrogen and oxygen atoms in total. The summed E-state index contributed by atoms with van der Waals surface area (Å²) in [5, 5.41) is 0. The van der Waals surface area contributed by atoms with Crippen LogP contribution in [0.2, 0.25) is 0 Å². The van der Waals surface area contributed by atoms with Crippen LogP contribution in [0.1, 0.15) is 65.9 Å². The molecule has 148 valence electrons. The largest absolute Gasteiger partial charge is 0.379 e. The van der Waals surface area contributed by atoms with E-state index in [1.165, 1.54) is 31.5 Å². The van der Waals surface area contributed by atoms with Gasteiger partial charge in [-0.1, -0.05) is 30.3 Å². The Kier molecular flexibility index (Phi) is 7.69. The molecule has 2 aliphatic heterocycles. The van der Waals surface area contributed by atoms with Gasteiger partial charge >= 0.3 is 0 Å². The minimum absolute atomic E-state index is 0.323. The van der Waals surface area contributed by atoms with Gasteiger partial charge in [-0.25, -0.2) is 0 Å². The van der Waals surface area contributed by atoms with Crippen LogP contribution in [0, 0.1) is 0 Å². The van der Waals surface area contributed by atoms with Crippen LogP contribution in [0.25, 0.3) is 0 Å². The van der Waals surface area contributed by atoms with Crippen LogP contribution >= 0.6 is 0 Å². The Morgan fingerprint density at radius 3 is 1.62 bits per heavy atom. The Morgan fingerprint density at radius 2 is 1.19 bits per heavy atom. The monoisotopic (exact) mass is 360 g/mol. The van der Waals surface area contributed by atoms with Crippen molar-refractivity contribution < 1.29 is 4.74 Å². The summed E-state index contributed by atoms with van der Waals surface area (Å²) in [5.41, 5.74) is 2.18. The van der Waals surface area contributed by atoms with Gasteiger partial charge in [0, 0.05) is 24.2 Å². The first-order chi connectivity index (χ1) is 12.2. The topological polar surface area (TPSA) is 15.7 Å². The molecule has 1 aromatic rings. The first-order valence-electron chi connectivity index (χ1n) is 10.3. The van der Waals surface area contributed by atoms with Gasteiger partial charge in [0.15, 0.2) is 0 Å². The standard InChI is InChI=1S/C15H23N.C8H17NO/c1-15(2,3)16-11-9-14(10-12-16)13-7-5-4-6-8-13;1-8(2,3)9-4-6-10-7-5-9/h4-8,14H,9-12H2,1-3H3;4-7H2,1-3H3. The second-order valence-electron chi connectivity index (χ2n) is 9.61. The molecule has 0 atom stereocenters. The van der Waals surface area contributed by atoms with Crippen molar-refractivity contribution in [1.82, 2.24) is 9.80 Å². The van der Waals surface area contributed by atoms with Gasteiger partial charge in [0.05, 0.1) is 13.2 Å². The van der Waals surface area contributed by atoms with Gasteiger partial charge in [-0.3, -0.25) is 9.80 Å². The number of ether oxygens (including phenoxy) is 1. The number of benzene rings is 1. The summed E-state index contributed by atoms with van der Waals surface area (Å²) < 4.78 is 5.25. The lowest BCUT2D eigenvalue weighted by atomic mass is 9.87. The fraction of sp³-hybridized carbons (Fsp3) is 0.739. The maximum Gasteiger partial charge on any atom is 0.0594 e. The van der Waals surface area contributed by atoms with E-state index in [0.29, 0.717) is 11.1 Å². The Labute approximate surface area is 161 Å². The molecule has 2 heterocycles. The van der Waals surface area contributed by atoms with E-state index in [-0.39, 0.29) is 0 Å². The average molecular weight is 361 g/mol. The summed E-state index contributed by atoms with van der Waals surface area (Å²) in [5.74, 6) is 0.778. The summed E-state index contributed by atoms with van der Waals surface area (Å²) in [7, 11) is 0. The molecule has 3 heteroatoms. The summed E-state index contributed by atoms with van der Waals surface area (Å²) >= 11 is 0. The van der Waals surface area contributed by atoms with Crippen LogP contribution in [0.4, 0.5) is 0 Å². The zero-order valence-electron chi connectivity index (χ0n) is 17.9. The van der Waals surface area contributed by atoms with Gasteiger partial charge in [-0.15, -0.1) is 0 Å². The van der Waals surface area contributed by atoms with Crippen molar-refractivity contribution in [3.8, 4) is 0 Å². The fourth-order valence-electron chi connectivity index (χ4n) is 3.84. The molecule has 26 heavy (non-hydrogen) atoms. The quantitative estimate of drug-likeness (QED) is 0.717. The molecule has 3 rings (SSSR count). The van der Waals surface area contributed by atoms with Crippen molar-refractivity contribution in [2.75, 3.05) is 39.4 Å². The first-order valence-corrected chi connectivity index (χ1v) is 10.3. The predicted octanol–water partition coefficient (Wildman–Crippen LogP) is 4.78. The normalized spacial score (nSPS) is 21.2. The number of piperidine rings is 1. The molecular weight excluding hydrogens is 320 g/mol. The highest BCUT2D eigenvalue weighted by Gasteiger charge is 2.27. The maximum absolute atomic E-state index is 5.25. The fourth-order valence-corrected chi connectivity index (χ4v) is 3.84. The van der Waals surface area contributed by atoms with Crippen molar-refractivity contribution in [3.05, 3.63) is 35.9 Å². The van der Waals surface area contributed by atoms with E-state index < -0.39 is 0 Å². The van der Waals surface area contributed by atoms with Crippen molar-refractivity contribution in [2.24, 2.45) is 0 Å². The third kappa shape index (κ3) is 6.68. The van der Waals surface area contributed by atoms with Gasteiger partial charge in [0.1, 0.15) is 0 Å². The molecule has 0 N–H and O–H groups in total. The van der Waals surface area contributed by atoms with Gasteiger partial charge in [0.25, 0.3) is 0 Å². The average Bonchev–Trinajstić information content (AvgIpc) is 2.62. The van der Waals surface area contributed by atoms with Crippen LogP contribution in [-0.4, -0.2) is 60.3 Å². The van der Waals surface area contributed by atoms with Crippen molar-refractivity contribution >= 4 is 0 Å². The van der Waals surface area contributed by atoms with Crippen LogP contribution < -0.4 is 0 Å². The number of likely N-dealkylation sites (tertiary alicyclic amines) is 1. The number of hydrogen-bond acceptors (Lipinski definition) is 3. The van der Waals surface area contributed by atoms with Gasteiger partial charge in [-0.05, 0) is 79.0 Å². The number of morpholine rings is 1. The van der Waals surface area contributed by atoms with Crippen LogP contribution in [-0.2, 0) is 4.74 Å². The Hall–Kier alpha value is -0.900. The number of hydrogen-bond donors (Lipinski definition) is 0. The lowest BCUT2D eigenvalue weighted by Gasteiger charge is -2.41. The van der Waals surface area contributed by atoms with Gasteiger partial charge < -0.3 is 4.74 Å². The molecule has 0 aliphatic carbocycles. The van der Waals surface area contributed by atoms with Crippen molar-refractivity contribution in [3.63, 3.8) is 0 Å². The summed E-state index contributed by atoms with van der Waals surface area (Å²) in [6.45, 7) is 20.1. The lowest BCUT2D eigenvalue weighted by Crippen LogP contribution is -2.47. The highest BCUT2D eigenvalue weighted by Crippen LogP contribution is 2.30. The highest BCUT2D eigenvalue weighted by atomic mass is 16.5. The first kappa shape index (κ1) is 21.4. The number of rotatable bonds is 1. The number of nitrogens with zero attached hydrogens (tertiary/aromatic N) is 2. The summed E-state index contributed by atoms with van der Waals surface area (Å²) in [6.07, 6.45) is 2.61. The molecule has 0 amide bonds. The second kappa shape index (κ2) is 9.34. The molecule has 2 fully saturated rings. The minimum Gasteiger partial charge on any atom is -0.379 e. The molecule has 1 aromatic carbocycles. The van der Waals surface area contributed by atoms with E-state index in [0.717, 1.165) is 32.2 Å². The van der Waals surface area contributed by atoms with E-state index in [4.69, 9.17) is 4.74 Å². The molecule has 0 bridgehead atoms. The third-order valence-electron chi connectivity index (χ3n) is 5.67. The molecule has 0 saturated carbocycles. The van der Waals surface area contributed by atoms with E-state index in [1.54, 1.807) is 0 Å². The second-order valence-corrected chi connectivity index (χ2v) is 9.61. The molecule has 0 aromatic heterocycles. The molecule has 2 saturated heterocycles. The van der Waals surface area contributed by atoms with E-state index >= 15 is 0 Å². The zero-order valence-corrected chi connectivity index (χ0v) is 17.9. The third-order valence-corrected chi connectivity index (χ3v) is 5.67. The van der Waals surface area contributed by atoms with Crippen LogP contribution in [0.3, 0.4) is 0 Å². The minimum atomic E-state index is 0.323. The predicted molar refractivity (Wildman–Crippen MR) is 112 cm³/mol. The summed E-state index contributed by atoms with van der Waals surface area (Å²) in [6, 6.07) is 11.0. The maximum atomic E-state index is 5.25. The molecule has 0 spiro atoms. The zero-order chi connectivity index (χ0) is 19.2. The lowest BCUT2D eigenvalue weighted by molar-refractivity contribution is -0.00389. The SMILES string of the molecule is CC(C)(C)N1CCC(c2ccccc2)CC1.CC(C)(C)N1CCOCC1. The van der Waals surface area contributed by atoms with Gasteiger partial charge in [-0.2, -0.15) is 0 Å². The highest BCUT2D eigenvalue weighted by molar-refractivity contribution is 5.20. The molecule has 2 aliphatic rings. The van der Waals surface area contributed by atoms with E-state index in [1.807, 2.05) is 0 Å². The molecular formula is C23H40N2O. The summed E-state index contributed by atoms with van der Waals surface area (Å²) in [4.78, 5) is 5.06. The van der Waals surface area contributed by atoms with Crippen LogP contribution in [0.5, 0.6) is 0 Å². The Bertz CT molecular complexity index is 501. The van der Waals surface area contributed by atoms with Crippen LogP contribution in [0.15, 0.2) is 30.3 Å². The van der Waals surface area contributed by atoms with Gasteiger partial charge in [0.2, 0.25) is 0 Å². The smallest absolute Gasteiger partial charge is 0.0594 e. The Morgan fingerprint density at radius 1 is 0.731 bits per heavy atom. The molecule has 0 radical (unpaired) electrons. The van der Waals surface area contributed by atoms with E-state index in [2.05, 4.69) is 81.7 Å².